The van der Waals surface area contributed by atoms with E-state index >= 15 is 0 Å². The molecule has 2 N–H and O–H groups in total. The number of hydrogen-bond acceptors (Lipinski definition) is 5. The molecule has 0 spiro atoms. The van der Waals surface area contributed by atoms with Crippen LogP contribution in [0.1, 0.15) is 18.9 Å². The predicted octanol–water partition coefficient (Wildman–Crippen LogP) is 4.77. The average Bonchev–Trinajstić information content (AvgIpc) is 2.67. The molecule has 0 radical (unpaired) electrons. The average molecular weight is 382 g/mol. The first-order valence-corrected chi connectivity index (χ1v) is 9.60. The molecule has 3 aromatic rings. The summed E-state index contributed by atoms with van der Waals surface area (Å²) in [6.07, 6.45) is 0.666. The summed E-state index contributed by atoms with van der Waals surface area (Å²) >= 11 is 1.44. The zero-order chi connectivity index (χ0) is 19.4. The number of nitrogens with one attached hydrogen (secondary N) is 1. The summed E-state index contributed by atoms with van der Waals surface area (Å²) in [6.45, 7) is 4.01. The van der Waals surface area contributed by atoms with Crippen molar-refractivity contribution in [2.24, 2.45) is 0 Å². The Morgan fingerprint density at radius 2 is 2.00 bits per heavy atom. The number of aromatic nitrogens is 1. The fraction of sp³-hybridized carbons (Fsp3) is 0.238. The van der Waals surface area contributed by atoms with E-state index in [9.17, 15) is 9.90 Å². The van der Waals surface area contributed by atoms with Gasteiger partial charge in [0, 0.05) is 11.1 Å². The molecule has 0 saturated heterocycles. The molecular weight excluding hydrogens is 360 g/mol. The number of carbonyl (C=O) groups is 1. The summed E-state index contributed by atoms with van der Waals surface area (Å²) in [7, 11) is 1.63. The monoisotopic (exact) mass is 382 g/mol. The van der Waals surface area contributed by atoms with Gasteiger partial charge in [0.2, 0.25) is 5.91 Å². The Morgan fingerprint density at radius 3 is 2.67 bits per heavy atom. The Labute approximate surface area is 162 Å². The van der Waals surface area contributed by atoms with Gasteiger partial charge < -0.3 is 15.2 Å². The number of phenols is 1. The van der Waals surface area contributed by atoms with Crippen LogP contribution in [-0.4, -0.2) is 28.4 Å². The van der Waals surface area contributed by atoms with E-state index in [1.165, 1.54) is 11.8 Å². The van der Waals surface area contributed by atoms with Crippen LogP contribution in [0.25, 0.3) is 10.9 Å². The van der Waals surface area contributed by atoms with Crippen molar-refractivity contribution in [1.29, 1.82) is 0 Å². The maximum atomic E-state index is 12.7. The highest BCUT2D eigenvalue weighted by Crippen LogP contribution is 2.32. The van der Waals surface area contributed by atoms with Gasteiger partial charge in [0.15, 0.2) is 0 Å². The maximum Gasteiger partial charge on any atom is 0.237 e. The molecule has 5 nitrogen and oxygen atoms in total. The number of pyridine rings is 1. The van der Waals surface area contributed by atoms with E-state index in [1.807, 2.05) is 38.1 Å². The summed E-state index contributed by atoms with van der Waals surface area (Å²) in [5.41, 5.74) is 2.55. The summed E-state index contributed by atoms with van der Waals surface area (Å²) in [5.74, 6) is 0.798. The van der Waals surface area contributed by atoms with Gasteiger partial charge in [0.1, 0.15) is 17.0 Å². The van der Waals surface area contributed by atoms with E-state index < -0.39 is 0 Å². The van der Waals surface area contributed by atoms with Gasteiger partial charge >= 0.3 is 0 Å². The molecule has 3 rings (SSSR count). The molecule has 0 fully saturated rings. The van der Waals surface area contributed by atoms with Gasteiger partial charge in [-0.2, -0.15) is 0 Å². The topological polar surface area (TPSA) is 71.5 Å². The van der Waals surface area contributed by atoms with Crippen LogP contribution in [0.3, 0.4) is 0 Å². The van der Waals surface area contributed by atoms with Crippen LogP contribution >= 0.6 is 11.8 Å². The van der Waals surface area contributed by atoms with Gasteiger partial charge in [0.05, 0.1) is 17.4 Å². The van der Waals surface area contributed by atoms with Crippen LogP contribution in [0.15, 0.2) is 53.6 Å². The van der Waals surface area contributed by atoms with Crippen LogP contribution in [0, 0.1) is 6.92 Å². The summed E-state index contributed by atoms with van der Waals surface area (Å²) in [6, 6.07) is 14.3. The highest BCUT2D eigenvalue weighted by molar-refractivity contribution is 8.00. The number of phenolic OH excluding ortho intramolecular Hbond substituents is 1. The minimum atomic E-state index is -0.280. The van der Waals surface area contributed by atoms with Gasteiger partial charge in [-0.05, 0) is 55.3 Å². The maximum absolute atomic E-state index is 12.7. The van der Waals surface area contributed by atoms with Crippen molar-refractivity contribution in [3.8, 4) is 11.5 Å². The number of fused-ring (bicyclic) bond motifs is 1. The first-order valence-electron chi connectivity index (χ1n) is 8.72. The Balaban J connectivity index is 1.83. The molecule has 140 valence electrons. The van der Waals surface area contributed by atoms with Gasteiger partial charge in [-0.15, -0.1) is 0 Å². The highest BCUT2D eigenvalue weighted by atomic mass is 32.2. The minimum Gasteiger partial charge on any atom is -0.508 e. The van der Waals surface area contributed by atoms with Gasteiger partial charge in [-0.3, -0.25) is 4.79 Å². The fourth-order valence-corrected chi connectivity index (χ4v) is 3.83. The third-order valence-corrected chi connectivity index (χ3v) is 5.55. The van der Waals surface area contributed by atoms with Crippen molar-refractivity contribution in [3.63, 3.8) is 0 Å². The molecule has 0 aliphatic heterocycles. The molecule has 1 amide bonds. The molecule has 1 aromatic heterocycles. The number of rotatable bonds is 6. The summed E-state index contributed by atoms with van der Waals surface area (Å²) in [5, 5.41) is 13.8. The van der Waals surface area contributed by atoms with Crippen LogP contribution < -0.4 is 10.1 Å². The Bertz CT molecular complexity index is 958. The lowest BCUT2D eigenvalue weighted by Crippen LogP contribution is -2.24. The second-order valence-electron chi connectivity index (χ2n) is 6.18. The molecule has 0 bridgehead atoms. The van der Waals surface area contributed by atoms with Crippen molar-refractivity contribution in [1.82, 2.24) is 4.98 Å². The van der Waals surface area contributed by atoms with E-state index in [-0.39, 0.29) is 16.9 Å². The third-order valence-electron chi connectivity index (χ3n) is 4.27. The van der Waals surface area contributed by atoms with Crippen molar-refractivity contribution >= 4 is 34.3 Å². The van der Waals surface area contributed by atoms with Crippen LogP contribution in [0.4, 0.5) is 5.69 Å². The number of hydrogen-bond donors (Lipinski definition) is 2. The number of ether oxygens (including phenoxy) is 1. The van der Waals surface area contributed by atoms with Gasteiger partial charge in [-0.25, -0.2) is 4.98 Å². The number of aromatic hydroxyl groups is 1. The number of thioether (sulfide) groups is 1. The van der Waals surface area contributed by atoms with Gasteiger partial charge in [-0.1, -0.05) is 30.8 Å². The molecule has 1 atom stereocenters. The van der Waals surface area contributed by atoms with E-state index in [2.05, 4.69) is 5.32 Å². The van der Waals surface area contributed by atoms with Crippen molar-refractivity contribution < 1.29 is 14.6 Å². The number of nitrogens with zero attached hydrogens (tertiary/aromatic N) is 1. The standard InChI is InChI=1S/C21H22N2O3S/c1-4-18(21(25)22-14-8-10-15(24)11-9-14)27-19-12-13(2)16-6-5-7-17(26-3)20(16)23-19/h5-12,18,24H,4H2,1-3H3,(H,22,25). The number of carbonyl (C=O) groups excluding carboxylic acids is 1. The van der Waals surface area contributed by atoms with Crippen molar-refractivity contribution in [2.45, 2.75) is 30.5 Å². The Morgan fingerprint density at radius 1 is 1.26 bits per heavy atom. The van der Waals surface area contributed by atoms with E-state index in [1.54, 1.807) is 31.4 Å². The first-order chi connectivity index (χ1) is 13.0. The lowest BCUT2D eigenvalue weighted by atomic mass is 10.1. The third kappa shape index (κ3) is 4.34. The quantitative estimate of drug-likeness (QED) is 0.475. The van der Waals surface area contributed by atoms with E-state index in [0.717, 1.165) is 27.2 Å². The molecular formula is C21H22N2O3S. The lowest BCUT2D eigenvalue weighted by molar-refractivity contribution is -0.115. The van der Waals surface area contributed by atoms with Crippen molar-refractivity contribution in [2.75, 3.05) is 12.4 Å². The SMILES string of the molecule is CCC(Sc1cc(C)c2cccc(OC)c2n1)C(=O)Nc1ccc(O)cc1. The zero-order valence-corrected chi connectivity index (χ0v) is 16.3. The predicted molar refractivity (Wildman–Crippen MR) is 110 cm³/mol. The number of aryl methyl sites for hydroxylation is 1. The second kappa shape index (κ2) is 8.31. The molecule has 2 aromatic carbocycles. The van der Waals surface area contributed by atoms with Crippen LogP contribution in [0.2, 0.25) is 0 Å². The van der Waals surface area contributed by atoms with Crippen LogP contribution in [0.5, 0.6) is 11.5 Å². The van der Waals surface area contributed by atoms with Gasteiger partial charge in [0.25, 0.3) is 0 Å². The first kappa shape index (κ1) is 19.0. The number of amides is 1. The van der Waals surface area contributed by atoms with Crippen LogP contribution in [-0.2, 0) is 4.79 Å². The molecule has 0 saturated carbocycles. The molecule has 27 heavy (non-hydrogen) atoms. The molecule has 0 aliphatic rings. The summed E-state index contributed by atoms with van der Waals surface area (Å²) in [4.78, 5) is 17.4. The fourth-order valence-electron chi connectivity index (χ4n) is 2.82. The largest absolute Gasteiger partial charge is 0.508 e. The lowest BCUT2D eigenvalue weighted by Gasteiger charge is -2.16. The minimum absolute atomic E-state index is 0.0900. The number of para-hydroxylation sites is 1. The normalized spacial score (nSPS) is 12.0. The zero-order valence-electron chi connectivity index (χ0n) is 15.5. The molecule has 0 aliphatic carbocycles. The second-order valence-corrected chi connectivity index (χ2v) is 7.41. The van der Waals surface area contributed by atoms with Crippen molar-refractivity contribution in [3.05, 3.63) is 54.1 Å². The Hall–Kier alpha value is -2.73. The summed E-state index contributed by atoms with van der Waals surface area (Å²) < 4.78 is 5.43. The molecule has 1 unspecified atom stereocenters. The highest BCUT2D eigenvalue weighted by Gasteiger charge is 2.20. The number of methoxy groups -OCH3 is 1. The number of anilines is 1. The molecule has 1 heterocycles. The molecule has 6 heteroatoms. The Kier molecular flexibility index (Phi) is 5.86. The number of benzene rings is 2. The van der Waals surface area contributed by atoms with E-state index in [0.29, 0.717) is 12.1 Å². The van der Waals surface area contributed by atoms with E-state index in [4.69, 9.17) is 9.72 Å². The smallest absolute Gasteiger partial charge is 0.237 e.